The second-order valence-electron chi connectivity index (χ2n) is 6.74. The molecule has 3 aliphatic rings. The van der Waals surface area contributed by atoms with Crippen LogP contribution in [0.3, 0.4) is 0 Å². The lowest BCUT2D eigenvalue weighted by molar-refractivity contribution is 0.303. The van der Waals surface area contributed by atoms with Gasteiger partial charge in [-0.15, -0.1) is 11.8 Å². The van der Waals surface area contributed by atoms with E-state index in [2.05, 4.69) is 4.98 Å². The Morgan fingerprint density at radius 2 is 2.00 bits per heavy atom. The van der Waals surface area contributed by atoms with Crippen LogP contribution in [0.5, 0.6) is 5.75 Å². The van der Waals surface area contributed by atoms with Crippen molar-refractivity contribution < 1.29 is 5.11 Å². The Hall–Kier alpha value is -1.20. The molecule has 5 heteroatoms. The molecule has 2 bridgehead atoms. The molecule has 1 aromatic heterocycles. The zero-order chi connectivity index (χ0) is 14.8. The van der Waals surface area contributed by atoms with Crippen LogP contribution in [-0.2, 0) is 0 Å². The number of benzene rings is 1. The number of aromatic hydroxyl groups is 1. The summed E-state index contributed by atoms with van der Waals surface area (Å²) in [6.45, 7) is 0. The van der Waals surface area contributed by atoms with Crippen molar-refractivity contribution in [3.05, 3.63) is 44.4 Å². The topological polar surface area (TPSA) is 53.1 Å². The van der Waals surface area contributed by atoms with Crippen molar-refractivity contribution >= 4 is 23.1 Å². The van der Waals surface area contributed by atoms with Crippen molar-refractivity contribution in [2.75, 3.05) is 0 Å². The number of rotatable bonds is 1. The second kappa shape index (κ2) is 4.65. The smallest absolute Gasteiger partial charge is 0.305 e. The summed E-state index contributed by atoms with van der Waals surface area (Å²) in [5.41, 5.74) is 1.00. The average molecular weight is 331 g/mol. The molecule has 5 atom stereocenters. The highest BCUT2D eigenvalue weighted by Crippen LogP contribution is 2.64. The molecule has 1 aromatic carbocycles. The molecule has 0 spiro atoms. The third-order valence-electron chi connectivity index (χ3n) is 5.74. The second-order valence-corrected chi connectivity index (χ2v) is 8.94. The van der Waals surface area contributed by atoms with Crippen molar-refractivity contribution in [3.63, 3.8) is 0 Å². The van der Waals surface area contributed by atoms with Crippen molar-refractivity contribution in [3.8, 4) is 5.75 Å². The number of aromatic amines is 1. The predicted molar refractivity (Wildman–Crippen MR) is 88.9 cm³/mol. The fourth-order valence-corrected chi connectivity index (χ4v) is 7.83. The first-order chi connectivity index (χ1) is 10.7. The van der Waals surface area contributed by atoms with E-state index in [1.54, 1.807) is 6.07 Å². The monoisotopic (exact) mass is 331 g/mol. The predicted octanol–water partition coefficient (Wildman–Crippen LogP) is 3.79. The molecule has 3 nitrogen and oxygen atoms in total. The van der Waals surface area contributed by atoms with Crippen LogP contribution >= 0.6 is 23.1 Å². The molecule has 5 rings (SSSR count). The third kappa shape index (κ3) is 1.72. The summed E-state index contributed by atoms with van der Waals surface area (Å²) in [5, 5.41) is 12.0. The van der Waals surface area contributed by atoms with Crippen LogP contribution < -0.4 is 4.87 Å². The largest absolute Gasteiger partial charge is 0.508 e. The number of phenols is 1. The van der Waals surface area contributed by atoms with Gasteiger partial charge in [0.05, 0.1) is 5.03 Å². The molecule has 2 heterocycles. The quantitative estimate of drug-likeness (QED) is 0.836. The summed E-state index contributed by atoms with van der Waals surface area (Å²) >= 11 is 3.22. The first-order valence-electron chi connectivity index (χ1n) is 7.90. The summed E-state index contributed by atoms with van der Waals surface area (Å²) in [4.78, 5) is 16.1. The number of hydrogen-bond donors (Lipinski definition) is 2. The molecule has 1 aliphatic heterocycles. The van der Waals surface area contributed by atoms with Crippen molar-refractivity contribution in [2.24, 2.45) is 17.8 Å². The number of nitrogens with one attached hydrogen (secondary N) is 1. The van der Waals surface area contributed by atoms with Crippen LogP contribution in [0.15, 0.2) is 34.1 Å². The van der Waals surface area contributed by atoms with Crippen molar-refractivity contribution in [1.82, 2.24) is 4.98 Å². The van der Waals surface area contributed by atoms with E-state index in [-0.39, 0.29) is 10.8 Å². The highest BCUT2D eigenvalue weighted by molar-refractivity contribution is 8.00. The zero-order valence-corrected chi connectivity index (χ0v) is 13.6. The van der Waals surface area contributed by atoms with Gasteiger partial charge in [-0.2, -0.15) is 0 Å². The Kier molecular flexibility index (Phi) is 2.80. The van der Waals surface area contributed by atoms with E-state index in [4.69, 9.17) is 0 Å². The van der Waals surface area contributed by atoms with Crippen LogP contribution in [0.25, 0.3) is 0 Å². The number of H-pyrrole nitrogens is 1. The number of thiazole rings is 1. The first-order valence-corrected chi connectivity index (χ1v) is 9.59. The minimum atomic E-state index is 0.0326. The molecule has 0 saturated heterocycles. The highest BCUT2D eigenvalue weighted by atomic mass is 32.2. The van der Waals surface area contributed by atoms with Crippen molar-refractivity contribution in [2.45, 2.75) is 35.5 Å². The van der Waals surface area contributed by atoms with Gasteiger partial charge in [-0.25, -0.2) is 0 Å². The van der Waals surface area contributed by atoms with Gasteiger partial charge in [0.1, 0.15) is 5.75 Å². The van der Waals surface area contributed by atoms with E-state index in [1.165, 1.54) is 30.6 Å². The molecule has 4 unspecified atom stereocenters. The molecule has 0 radical (unpaired) electrons. The molecule has 2 aliphatic carbocycles. The lowest BCUT2D eigenvalue weighted by Crippen LogP contribution is -2.33. The Morgan fingerprint density at radius 3 is 2.86 bits per heavy atom. The first kappa shape index (κ1) is 13.3. The van der Waals surface area contributed by atoms with E-state index in [9.17, 15) is 9.90 Å². The number of para-hydroxylation sites is 1. The fourth-order valence-electron chi connectivity index (χ4n) is 4.95. The van der Waals surface area contributed by atoms with Gasteiger partial charge < -0.3 is 10.1 Å². The van der Waals surface area contributed by atoms with Gasteiger partial charge in [-0.1, -0.05) is 29.5 Å². The lowest BCUT2D eigenvalue weighted by Gasteiger charge is -2.40. The van der Waals surface area contributed by atoms with Gasteiger partial charge in [0.15, 0.2) is 0 Å². The van der Waals surface area contributed by atoms with Gasteiger partial charge in [0.25, 0.3) is 0 Å². The molecular weight excluding hydrogens is 314 g/mol. The number of phenolic OH excluding ortho intramolecular Hbond substituents is 1. The molecular formula is C17H17NO2S2. The Labute approximate surface area is 136 Å². The number of aromatic nitrogens is 1. The molecule has 22 heavy (non-hydrogen) atoms. The van der Waals surface area contributed by atoms with Crippen LogP contribution in [-0.4, -0.2) is 15.3 Å². The maximum Gasteiger partial charge on any atom is 0.305 e. The molecule has 0 amide bonds. The Balaban J connectivity index is 1.72. The van der Waals surface area contributed by atoms with E-state index >= 15 is 0 Å². The Bertz CT molecular complexity index is 796. The molecule has 2 aromatic rings. The van der Waals surface area contributed by atoms with E-state index in [0.29, 0.717) is 16.9 Å². The summed E-state index contributed by atoms with van der Waals surface area (Å²) in [6.07, 6.45) is 3.97. The minimum absolute atomic E-state index is 0.0326. The molecule has 2 N–H and O–H groups in total. The maximum absolute atomic E-state index is 11.9. The van der Waals surface area contributed by atoms with Crippen LogP contribution in [0.4, 0.5) is 0 Å². The fraction of sp³-hybridized carbons (Fsp3) is 0.471. The maximum atomic E-state index is 11.9. The highest BCUT2D eigenvalue weighted by Gasteiger charge is 2.55. The summed E-state index contributed by atoms with van der Waals surface area (Å²) in [7, 11) is 0. The van der Waals surface area contributed by atoms with Crippen LogP contribution in [0, 0.1) is 17.8 Å². The van der Waals surface area contributed by atoms with Crippen LogP contribution in [0.1, 0.15) is 35.6 Å². The summed E-state index contributed by atoms with van der Waals surface area (Å²) in [5.74, 6) is 2.65. The van der Waals surface area contributed by atoms with Gasteiger partial charge in [-0.3, -0.25) is 4.79 Å². The summed E-state index contributed by atoms with van der Waals surface area (Å²) < 4.78 is 0. The van der Waals surface area contributed by atoms with Crippen LogP contribution in [0.2, 0.25) is 0 Å². The van der Waals surface area contributed by atoms with Crippen molar-refractivity contribution in [1.29, 1.82) is 0 Å². The van der Waals surface area contributed by atoms with Gasteiger partial charge in [0.2, 0.25) is 0 Å². The zero-order valence-electron chi connectivity index (χ0n) is 12.0. The Morgan fingerprint density at radius 1 is 1.18 bits per heavy atom. The normalized spacial score (nSPS) is 35.4. The number of thioether (sulfide) groups is 1. The molecule has 2 fully saturated rings. The van der Waals surface area contributed by atoms with Gasteiger partial charge >= 0.3 is 4.87 Å². The molecule has 114 valence electrons. The van der Waals surface area contributed by atoms with Gasteiger partial charge in [-0.05, 0) is 43.1 Å². The number of hydrogen-bond acceptors (Lipinski definition) is 4. The van der Waals surface area contributed by atoms with E-state index < -0.39 is 0 Å². The van der Waals surface area contributed by atoms with Gasteiger partial charge in [0, 0.05) is 21.6 Å². The minimum Gasteiger partial charge on any atom is -0.508 e. The average Bonchev–Trinajstić information content (AvgIpc) is 3.19. The standard InChI is InChI=1S/C17H17NO2S2/c19-11-4-2-1-3-10(11)13-12-8-5-6-9(7-8)14(12)21-16-15(13)22-17(20)18-16/h1-4,8-9,12-14,19H,5-7H2,(H,18,20)/t8?,9?,12?,13-,14?/m1/s1. The SMILES string of the molecule is O=c1[nH]c2c(s1)[C@H](c1ccccc1O)C1C3CCC(C3)C1S2. The third-order valence-corrected chi connectivity index (χ3v) is 8.36. The molecule has 2 saturated carbocycles. The lowest BCUT2D eigenvalue weighted by atomic mass is 9.74. The number of fused-ring (bicyclic) bond motifs is 6. The summed E-state index contributed by atoms with van der Waals surface area (Å²) in [6, 6.07) is 7.67. The van der Waals surface area contributed by atoms with E-state index in [0.717, 1.165) is 27.3 Å². The van der Waals surface area contributed by atoms with E-state index in [1.807, 2.05) is 30.0 Å².